The SMILES string of the molecule is CC(C(=O)O)C1CCOc2ccc(Cl)cc21. The molecule has 2 atom stereocenters. The fraction of sp³-hybridized carbons (Fsp3) is 0.417. The van der Waals surface area contributed by atoms with Crippen LogP contribution in [0.3, 0.4) is 0 Å². The predicted molar refractivity (Wildman–Crippen MR) is 61.1 cm³/mol. The molecule has 0 bridgehead atoms. The lowest BCUT2D eigenvalue weighted by Gasteiger charge is -2.28. The number of carbonyl (C=O) groups is 1. The van der Waals surface area contributed by atoms with E-state index in [-0.39, 0.29) is 5.92 Å². The van der Waals surface area contributed by atoms with Crippen LogP contribution in [0.5, 0.6) is 5.75 Å². The average Bonchev–Trinajstić information content (AvgIpc) is 2.27. The Bertz CT molecular complexity index is 417. The lowest BCUT2D eigenvalue weighted by atomic mass is 9.83. The summed E-state index contributed by atoms with van der Waals surface area (Å²) in [5.41, 5.74) is 0.911. The number of ether oxygens (including phenoxy) is 1. The molecule has 4 heteroatoms. The largest absolute Gasteiger partial charge is 0.493 e. The van der Waals surface area contributed by atoms with Gasteiger partial charge in [-0.05, 0) is 30.2 Å². The Morgan fingerprint density at radius 1 is 1.62 bits per heavy atom. The highest BCUT2D eigenvalue weighted by atomic mass is 35.5. The average molecular weight is 241 g/mol. The summed E-state index contributed by atoms with van der Waals surface area (Å²) in [5, 5.41) is 9.67. The van der Waals surface area contributed by atoms with Crippen LogP contribution >= 0.6 is 11.6 Å². The van der Waals surface area contributed by atoms with E-state index in [1.54, 1.807) is 25.1 Å². The third kappa shape index (κ3) is 2.00. The van der Waals surface area contributed by atoms with Crippen molar-refractivity contribution in [1.29, 1.82) is 0 Å². The molecule has 1 aromatic carbocycles. The highest BCUT2D eigenvalue weighted by molar-refractivity contribution is 6.30. The van der Waals surface area contributed by atoms with Crippen LogP contribution in [0.2, 0.25) is 5.02 Å². The lowest BCUT2D eigenvalue weighted by molar-refractivity contribution is -0.142. The van der Waals surface area contributed by atoms with Crippen molar-refractivity contribution in [2.45, 2.75) is 19.3 Å². The summed E-state index contributed by atoms with van der Waals surface area (Å²) < 4.78 is 5.49. The number of hydrogen-bond acceptors (Lipinski definition) is 2. The molecule has 1 N–H and O–H groups in total. The summed E-state index contributed by atoms with van der Waals surface area (Å²) in [6.45, 7) is 2.29. The Balaban J connectivity index is 2.38. The minimum atomic E-state index is -0.780. The molecule has 0 fully saturated rings. The number of hydrogen-bond donors (Lipinski definition) is 1. The van der Waals surface area contributed by atoms with Crippen LogP contribution in [0, 0.1) is 5.92 Å². The molecule has 2 rings (SSSR count). The molecule has 2 unspecified atom stereocenters. The molecule has 0 radical (unpaired) electrons. The Hall–Kier alpha value is -1.22. The van der Waals surface area contributed by atoms with E-state index in [1.807, 2.05) is 0 Å². The number of carboxylic acid groups (broad SMARTS) is 1. The quantitative estimate of drug-likeness (QED) is 0.865. The van der Waals surface area contributed by atoms with E-state index >= 15 is 0 Å². The van der Waals surface area contributed by atoms with Gasteiger partial charge in [-0.2, -0.15) is 0 Å². The standard InChI is InChI=1S/C12H13ClO3/c1-7(12(14)15)9-4-5-16-11-3-2-8(13)6-10(9)11/h2-3,6-7,9H,4-5H2,1H3,(H,14,15). The van der Waals surface area contributed by atoms with Crippen molar-refractivity contribution in [3.05, 3.63) is 28.8 Å². The molecule has 1 aromatic rings. The summed E-state index contributed by atoms with van der Waals surface area (Å²) in [7, 11) is 0. The maximum absolute atomic E-state index is 11.0. The Morgan fingerprint density at radius 2 is 2.38 bits per heavy atom. The number of benzene rings is 1. The van der Waals surface area contributed by atoms with Crippen molar-refractivity contribution >= 4 is 17.6 Å². The zero-order valence-corrected chi connectivity index (χ0v) is 9.70. The maximum atomic E-state index is 11.0. The van der Waals surface area contributed by atoms with E-state index in [9.17, 15) is 4.79 Å². The van der Waals surface area contributed by atoms with Crippen LogP contribution < -0.4 is 4.74 Å². The smallest absolute Gasteiger partial charge is 0.306 e. The minimum Gasteiger partial charge on any atom is -0.493 e. The first-order valence-electron chi connectivity index (χ1n) is 5.24. The van der Waals surface area contributed by atoms with Gasteiger partial charge in [0.25, 0.3) is 0 Å². The predicted octanol–water partition coefficient (Wildman–Crippen LogP) is 2.93. The third-order valence-corrected chi connectivity index (χ3v) is 3.29. The summed E-state index contributed by atoms with van der Waals surface area (Å²) in [6, 6.07) is 5.37. The second-order valence-corrected chi connectivity index (χ2v) is 4.49. The number of carboxylic acids is 1. The first-order valence-corrected chi connectivity index (χ1v) is 5.62. The third-order valence-electron chi connectivity index (χ3n) is 3.05. The van der Waals surface area contributed by atoms with Crippen LogP contribution in [0.4, 0.5) is 0 Å². The normalized spacial score (nSPS) is 20.8. The Labute approximate surface area is 99.0 Å². The van der Waals surface area contributed by atoms with Crippen molar-refractivity contribution in [3.8, 4) is 5.75 Å². The van der Waals surface area contributed by atoms with Crippen LogP contribution in [0.25, 0.3) is 0 Å². The van der Waals surface area contributed by atoms with E-state index in [4.69, 9.17) is 21.4 Å². The van der Waals surface area contributed by atoms with Gasteiger partial charge in [-0.25, -0.2) is 0 Å². The van der Waals surface area contributed by atoms with E-state index in [1.165, 1.54) is 0 Å². The summed E-state index contributed by atoms with van der Waals surface area (Å²) in [5.74, 6) is -0.451. The zero-order chi connectivity index (χ0) is 11.7. The molecule has 86 valence electrons. The van der Waals surface area contributed by atoms with Crippen LogP contribution in [-0.4, -0.2) is 17.7 Å². The Kier molecular flexibility index (Phi) is 3.06. The lowest BCUT2D eigenvalue weighted by Crippen LogP contribution is -2.24. The van der Waals surface area contributed by atoms with Gasteiger partial charge in [0.15, 0.2) is 0 Å². The highest BCUT2D eigenvalue weighted by Crippen LogP contribution is 2.39. The van der Waals surface area contributed by atoms with Gasteiger partial charge in [0.05, 0.1) is 12.5 Å². The number of fused-ring (bicyclic) bond motifs is 1. The second-order valence-electron chi connectivity index (χ2n) is 4.05. The maximum Gasteiger partial charge on any atom is 0.306 e. The molecule has 0 saturated carbocycles. The summed E-state index contributed by atoms with van der Waals surface area (Å²) >= 11 is 5.92. The summed E-state index contributed by atoms with van der Waals surface area (Å²) in [4.78, 5) is 11.0. The Morgan fingerprint density at radius 3 is 3.06 bits per heavy atom. The molecule has 0 aromatic heterocycles. The van der Waals surface area contributed by atoms with E-state index < -0.39 is 11.9 Å². The molecule has 1 aliphatic heterocycles. The highest BCUT2D eigenvalue weighted by Gasteiger charge is 2.30. The molecule has 0 aliphatic carbocycles. The fourth-order valence-electron chi connectivity index (χ4n) is 2.08. The van der Waals surface area contributed by atoms with Gasteiger partial charge in [-0.3, -0.25) is 4.79 Å². The second kappa shape index (κ2) is 4.34. The molecule has 0 saturated heterocycles. The van der Waals surface area contributed by atoms with E-state index in [0.717, 1.165) is 17.7 Å². The molecule has 3 nitrogen and oxygen atoms in total. The molecule has 0 spiro atoms. The van der Waals surface area contributed by atoms with E-state index in [0.29, 0.717) is 11.6 Å². The van der Waals surface area contributed by atoms with Crippen LogP contribution in [0.15, 0.2) is 18.2 Å². The van der Waals surface area contributed by atoms with Crippen LogP contribution in [0.1, 0.15) is 24.8 Å². The fourth-order valence-corrected chi connectivity index (χ4v) is 2.26. The van der Waals surface area contributed by atoms with Crippen molar-refractivity contribution in [3.63, 3.8) is 0 Å². The van der Waals surface area contributed by atoms with Gasteiger partial charge >= 0.3 is 5.97 Å². The molecule has 1 aliphatic rings. The summed E-state index contributed by atoms with van der Waals surface area (Å²) in [6.07, 6.45) is 0.723. The topological polar surface area (TPSA) is 46.5 Å². The van der Waals surface area contributed by atoms with Crippen molar-refractivity contribution in [2.75, 3.05) is 6.61 Å². The number of rotatable bonds is 2. The molecule has 1 heterocycles. The van der Waals surface area contributed by atoms with Crippen molar-refractivity contribution < 1.29 is 14.6 Å². The van der Waals surface area contributed by atoms with Gasteiger partial charge < -0.3 is 9.84 Å². The molecular formula is C12H13ClO3. The van der Waals surface area contributed by atoms with Crippen molar-refractivity contribution in [1.82, 2.24) is 0 Å². The first kappa shape index (κ1) is 11.3. The van der Waals surface area contributed by atoms with Gasteiger partial charge in [-0.1, -0.05) is 18.5 Å². The first-order chi connectivity index (χ1) is 7.59. The number of halogens is 1. The minimum absolute atomic E-state index is 0.0139. The monoisotopic (exact) mass is 240 g/mol. The van der Waals surface area contributed by atoms with E-state index in [2.05, 4.69) is 0 Å². The molecular weight excluding hydrogens is 228 g/mol. The molecule has 16 heavy (non-hydrogen) atoms. The van der Waals surface area contributed by atoms with Gasteiger partial charge in [-0.15, -0.1) is 0 Å². The van der Waals surface area contributed by atoms with Gasteiger partial charge in [0, 0.05) is 10.9 Å². The van der Waals surface area contributed by atoms with Crippen LogP contribution in [-0.2, 0) is 4.79 Å². The molecule has 0 amide bonds. The zero-order valence-electron chi connectivity index (χ0n) is 8.94. The van der Waals surface area contributed by atoms with Crippen molar-refractivity contribution in [2.24, 2.45) is 5.92 Å². The van der Waals surface area contributed by atoms with Gasteiger partial charge in [0.2, 0.25) is 0 Å². The van der Waals surface area contributed by atoms with Gasteiger partial charge in [0.1, 0.15) is 5.75 Å². The number of aliphatic carboxylic acids is 1.